The van der Waals surface area contributed by atoms with Crippen molar-refractivity contribution < 1.29 is 0 Å². The fraction of sp³-hybridized carbons (Fsp3) is 0.600. The highest BCUT2D eigenvalue weighted by atomic mass is 32.2. The van der Waals surface area contributed by atoms with E-state index in [-0.39, 0.29) is 0 Å². The second-order valence-corrected chi connectivity index (χ2v) is 5.28. The number of hydrogen-bond donors (Lipinski definition) is 2. The fourth-order valence-corrected chi connectivity index (χ4v) is 2.02. The van der Waals surface area contributed by atoms with Crippen LogP contribution < -0.4 is 11.3 Å². The molecular weight excluding hydrogens is 208 g/mol. The minimum Gasteiger partial charge on any atom is -0.292 e. The summed E-state index contributed by atoms with van der Waals surface area (Å²) in [5.41, 5.74) is 3.40. The Bertz CT molecular complexity index is 327. The molecule has 84 valence electrons. The predicted molar refractivity (Wildman–Crippen MR) is 64.7 cm³/mol. The molecule has 0 spiro atoms. The molecule has 1 heterocycles. The number of nitrogen functional groups attached to an aromatic ring is 1. The van der Waals surface area contributed by atoms with Crippen LogP contribution in [-0.2, 0) is 0 Å². The Hall–Kier alpha value is -0.810. The molecule has 5 heteroatoms. The third-order valence-corrected chi connectivity index (χ3v) is 3.57. The number of rotatable bonds is 4. The highest BCUT2D eigenvalue weighted by Crippen LogP contribution is 2.26. The zero-order valence-electron chi connectivity index (χ0n) is 9.61. The summed E-state index contributed by atoms with van der Waals surface area (Å²) < 4.78 is 0. The molecule has 15 heavy (non-hydrogen) atoms. The zero-order chi connectivity index (χ0) is 11.4. The van der Waals surface area contributed by atoms with Gasteiger partial charge in [-0.15, -0.1) is 11.8 Å². The van der Waals surface area contributed by atoms with Gasteiger partial charge in [0.1, 0.15) is 5.03 Å². The second kappa shape index (κ2) is 5.32. The molecule has 0 radical (unpaired) electrons. The van der Waals surface area contributed by atoms with Gasteiger partial charge in [0.2, 0.25) is 5.95 Å². The average Bonchev–Trinajstić information content (AvgIpc) is 2.16. The number of nitrogens with two attached hydrogens (primary N) is 1. The first kappa shape index (κ1) is 12.3. The van der Waals surface area contributed by atoms with Crippen LogP contribution in [0.2, 0.25) is 0 Å². The average molecular weight is 226 g/mol. The normalized spacial score (nSPS) is 12.9. The van der Waals surface area contributed by atoms with E-state index in [4.69, 9.17) is 5.84 Å². The summed E-state index contributed by atoms with van der Waals surface area (Å²) in [7, 11) is 0. The van der Waals surface area contributed by atoms with Gasteiger partial charge in [0, 0.05) is 10.9 Å². The lowest BCUT2D eigenvalue weighted by molar-refractivity contribution is 0.641. The molecule has 0 saturated heterocycles. The molecule has 0 aliphatic rings. The Morgan fingerprint density at radius 1 is 1.33 bits per heavy atom. The summed E-state index contributed by atoms with van der Waals surface area (Å²) in [6, 6.07) is 1.98. The summed E-state index contributed by atoms with van der Waals surface area (Å²) in [4.78, 5) is 8.43. The van der Waals surface area contributed by atoms with E-state index in [1.807, 2.05) is 13.0 Å². The number of anilines is 1. The molecule has 0 aliphatic heterocycles. The maximum atomic E-state index is 5.29. The van der Waals surface area contributed by atoms with Crippen LogP contribution in [0.5, 0.6) is 0 Å². The van der Waals surface area contributed by atoms with Gasteiger partial charge in [0.25, 0.3) is 0 Å². The summed E-state index contributed by atoms with van der Waals surface area (Å²) >= 11 is 1.75. The summed E-state index contributed by atoms with van der Waals surface area (Å²) in [5, 5.41) is 1.50. The first-order valence-electron chi connectivity index (χ1n) is 5.02. The van der Waals surface area contributed by atoms with Crippen molar-refractivity contribution in [3.63, 3.8) is 0 Å². The Balaban J connectivity index is 2.80. The molecule has 1 rings (SSSR count). The summed E-state index contributed by atoms with van der Waals surface area (Å²) in [5.74, 6) is 6.40. The molecule has 3 N–H and O–H groups in total. The SMILES string of the molecule is Cc1cc(SC(C)C(C)C)nc(NN)n1. The number of thioether (sulfide) groups is 1. The van der Waals surface area contributed by atoms with Crippen molar-refractivity contribution >= 4 is 17.7 Å². The van der Waals surface area contributed by atoms with Gasteiger partial charge in [-0.3, -0.25) is 5.43 Å². The third kappa shape index (κ3) is 3.68. The lowest BCUT2D eigenvalue weighted by atomic mass is 10.2. The van der Waals surface area contributed by atoms with Gasteiger partial charge in [0.15, 0.2) is 0 Å². The second-order valence-electron chi connectivity index (χ2n) is 3.88. The Morgan fingerprint density at radius 3 is 2.53 bits per heavy atom. The molecule has 1 aromatic rings. The predicted octanol–water partition coefficient (Wildman–Crippen LogP) is 2.21. The van der Waals surface area contributed by atoms with Crippen molar-refractivity contribution in [3.8, 4) is 0 Å². The Labute approximate surface area is 95.0 Å². The van der Waals surface area contributed by atoms with Crippen LogP contribution in [0, 0.1) is 12.8 Å². The number of hydrazine groups is 1. The highest BCUT2D eigenvalue weighted by Gasteiger charge is 2.10. The van der Waals surface area contributed by atoms with Crippen molar-refractivity contribution in [2.24, 2.45) is 11.8 Å². The van der Waals surface area contributed by atoms with Crippen LogP contribution in [0.25, 0.3) is 0 Å². The summed E-state index contributed by atoms with van der Waals surface area (Å²) in [6.07, 6.45) is 0. The third-order valence-electron chi connectivity index (χ3n) is 2.21. The van der Waals surface area contributed by atoms with Crippen LogP contribution in [0.15, 0.2) is 11.1 Å². The number of hydrogen-bond acceptors (Lipinski definition) is 5. The van der Waals surface area contributed by atoms with E-state index in [1.54, 1.807) is 11.8 Å². The van der Waals surface area contributed by atoms with Crippen molar-refractivity contribution in [1.82, 2.24) is 9.97 Å². The van der Waals surface area contributed by atoms with Crippen molar-refractivity contribution in [2.45, 2.75) is 38.0 Å². The molecule has 4 nitrogen and oxygen atoms in total. The van der Waals surface area contributed by atoms with Gasteiger partial charge in [-0.1, -0.05) is 20.8 Å². The molecule has 0 aliphatic carbocycles. The van der Waals surface area contributed by atoms with E-state index in [0.29, 0.717) is 17.1 Å². The number of aromatic nitrogens is 2. The maximum absolute atomic E-state index is 5.29. The van der Waals surface area contributed by atoms with Gasteiger partial charge >= 0.3 is 0 Å². The molecule has 0 saturated carbocycles. The monoisotopic (exact) mass is 226 g/mol. The lowest BCUT2D eigenvalue weighted by Gasteiger charge is -2.14. The van der Waals surface area contributed by atoms with Crippen molar-refractivity contribution in [2.75, 3.05) is 5.43 Å². The fourth-order valence-electron chi connectivity index (χ4n) is 0.991. The van der Waals surface area contributed by atoms with Gasteiger partial charge in [-0.05, 0) is 18.9 Å². The van der Waals surface area contributed by atoms with Crippen LogP contribution in [0.3, 0.4) is 0 Å². The van der Waals surface area contributed by atoms with Crippen LogP contribution in [0.4, 0.5) is 5.95 Å². The molecular formula is C10H18N4S. The van der Waals surface area contributed by atoms with Gasteiger partial charge in [-0.25, -0.2) is 15.8 Å². The number of nitrogens with zero attached hydrogens (tertiary/aromatic N) is 2. The number of aryl methyl sites for hydroxylation is 1. The van der Waals surface area contributed by atoms with E-state index >= 15 is 0 Å². The topological polar surface area (TPSA) is 63.8 Å². The largest absolute Gasteiger partial charge is 0.292 e. The standard InChI is InChI=1S/C10H18N4S/c1-6(2)8(4)15-9-5-7(3)12-10(13-9)14-11/h5-6,8H,11H2,1-4H3,(H,12,13,14). The molecule has 1 atom stereocenters. The maximum Gasteiger partial charge on any atom is 0.238 e. The highest BCUT2D eigenvalue weighted by molar-refractivity contribution is 7.99. The zero-order valence-corrected chi connectivity index (χ0v) is 10.4. The van der Waals surface area contributed by atoms with Crippen LogP contribution in [0.1, 0.15) is 26.5 Å². The van der Waals surface area contributed by atoms with Crippen molar-refractivity contribution in [3.05, 3.63) is 11.8 Å². The van der Waals surface area contributed by atoms with Gasteiger partial charge in [0.05, 0.1) is 0 Å². The van der Waals surface area contributed by atoms with E-state index in [9.17, 15) is 0 Å². The molecule has 0 aromatic carbocycles. The van der Waals surface area contributed by atoms with Crippen molar-refractivity contribution in [1.29, 1.82) is 0 Å². The van der Waals surface area contributed by atoms with Gasteiger partial charge in [-0.2, -0.15) is 0 Å². The first-order chi connectivity index (χ1) is 7.02. The molecule has 1 aromatic heterocycles. The van der Waals surface area contributed by atoms with E-state index in [1.165, 1.54) is 0 Å². The van der Waals surface area contributed by atoms with E-state index in [0.717, 1.165) is 10.7 Å². The van der Waals surface area contributed by atoms with E-state index < -0.39 is 0 Å². The first-order valence-corrected chi connectivity index (χ1v) is 5.90. The van der Waals surface area contributed by atoms with E-state index in [2.05, 4.69) is 36.2 Å². The smallest absolute Gasteiger partial charge is 0.238 e. The summed E-state index contributed by atoms with van der Waals surface area (Å²) in [6.45, 7) is 8.54. The molecule has 0 amide bonds. The van der Waals surface area contributed by atoms with Crippen LogP contribution in [-0.4, -0.2) is 15.2 Å². The number of nitrogens with one attached hydrogen (secondary N) is 1. The Kier molecular flexibility index (Phi) is 4.35. The quantitative estimate of drug-likeness (QED) is 0.357. The van der Waals surface area contributed by atoms with Gasteiger partial charge < -0.3 is 0 Å². The molecule has 0 bridgehead atoms. The van der Waals surface area contributed by atoms with Crippen LogP contribution >= 0.6 is 11.8 Å². The lowest BCUT2D eigenvalue weighted by Crippen LogP contribution is -2.12. The molecule has 0 fully saturated rings. The minimum atomic E-state index is 0.480. The minimum absolute atomic E-state index is 0.480. The Morgan fingerprint density at radius 2 is 2.00 bits per heavy atom. The molecule has 1 unspecified atom stereocenters.